The molecule has 0 spiro atoms. The van der Waals surface area contributed by atoms with Crippen molar-refractivity contribution in [3.8, 4) is 0 Å². The van der Waals surface area contributed by atoms with Gasteiger partial charge in [-0.15, -0.1) is 0 Å². The summed E-state index contributed by atoms with van der Waals surface area (Å²) in [4.78, 5) is 2.47. The fraction of sp³-hybridized carbons (Fsp3) is 0.500. The maximum absolute atomic E-state index is 6.18. The van der Waals surface area contributed by atoms with Crippen molar-refractivity contribution in [2.24, 2.45) is 11.7 Å². The van der Waals surface area contributed by atoms with E-state index in [0.29, 0.717) is 12.0 Å². The van der Waals surface area contributed by atoms with Crippen LogP contribution >= 0.6 is 11.5 Å². The zero-order valence-electron chi connectivity index (χ0n) is 10.7. The number of aromatic nitrogens is 1. The van der Waals surface area contributed by atoms with Gasteiger partial charge in [0, 0.05) is 24.5 Å². The summed E-state index contributed by atoms with van der Waals surface area (Å²) >= 11 is 1.62. The summed E-state index contributed by atoms with van der Waals surface area (Å²) in [6.07, 6.45) is 2.25. The first-order valence-electron chi connectivity index (χ1n) is 6.64. The minimum atomic E-state index is 0.366. The molecule has 3 rings (SSSR count). The highest BCUT2D eigenvalue weighted by Gasteiger charge is 2.27. The van der Waals surface area contributed by atoms with Crippen molar-refractivity contribution < 1.29 is 0 Å². The number of fused-ring (bicyclic) bond motifs is 1. The second kappa shape index (κ2) is 4.86. The van der Waals surface area contributed by atoms with Crippen molar-refractivity contribution >= 4 is 27.4 Å². The first-order valence-corrected chi connectivity index (χ1v) is 7.42. The molecule has 2 atom stereocenters. The van der Waals surface area contributed by atoms with E-state index in [1.807, 2.05) is 6.07 Å². The van der Waals surface area contributed by atoms with Gasteiger partial charge in [-0.25, -0.2) is 0 Å². The molecular weight excluding hydrogens is 242 g/mol. The van der Waals surface area contributed by atoms with Crippen LogP contribution in [0.1, 0.15) is 19.8 Å². The van der Waals surface area contributed by atoms with Crippen LogP contribution in [0.5, 0.6) is 0 Å². The Bertz CT molecular complexity index is 537. The molecule has 0 saturated carbocycles. The van der Waals surface area contributed by atoms with Crippen LogP contribution in [0.4, 0.5) is 5.00 Å². The molecule has 0 aliphatic carbocycles. The van der Waals surface area contributed by atoms with Crippen LogP contribution < -0.4 is 10.6 Å². The van der Waals surface area contributed by atoms with Crippen molar-refractivity contribution in [2.45, 2.75) is 25.8 Å². The minimum absolute atomic E-state index is 0.366. The van der Waals surface area contributed by atoms with E-state index in [1.165, 1.54) is 10.4 Å². The average molecular weight is 261 g/mol. The fourth-order valence-corrected chi connectivity index (χ4v) is 3.67. The van der Waals surface area contributed by atoms with Gasteiger partial charge in [-0.1, -0.05) is 25.5 Å². The van der Waals surface area contributed by atoms with Gasteiger partial charge < -0.3 is 10.6 Å². The second-order valence-corrected chi connectivity index (χ2v) is 5.82. The molecule has 0 radical (unpaired) electrons. The van der Waals surface area contributed by atoms with Crippen LogP contribution in [0.2, 0.25) is 0 Å². The van der Waals surface area contributed by atoms with E-state index in [2.05, 4.69) is 34.4 Å². The summed E-state index contributed by atoms with van der Waals surface area (Å²) in [5.74, 6) is 0.611. The van der Waals surface area contributed by atoms with Gasteiger partial charge in [0.1, 0.15) is 5.00 Å². The van der Waals surface area contributed by atoms with Crippen LogP contribution in [0.25, 0.3) is 10.9 Å². The predicted octanol–water partition coefficient (Wildman–Crippen LogP) is 2.86. The lowest BCUT2D eigenvalue weighted by Gasteiger charge is -2.37. The molecular formula is C14H19N3S. The molecule has 18 heavy (non-hydrogen) atoms. The lowest BCUT2D eigenvalue weighted by Crippen LogP contribution is -2.46. The second-order valence-electron chi connectivity index (χ2n) is 5.07. The van der Waals surface area contributed by atoms with E-state index in [0.717, 1.165) is 31.4 Å². The van der Waals surface area contributed by atoms with Gasteiger partial charge in [-0.3, -0.25) is 0 Å². The number of nitrogens with zero attached hydrogens (tertiary/aromatic N) is 2. The van der Waals surface area contributed by atoms with Gasteiger partial charge in [0.25, 0.3) is 0 Å². The number of rotatable bonds is 2. The molecule has 1 aliphatic rings. The predicted molar refractivity (Wildman–Crippen MR) is 78.2 cm³/mol. The third-order valence-electron chi connectivity index (χ3n) is 3.97. The molecule has 2 N–H and O–H groups in total. The molecule has 3 nitrogen and oxygen atoms in total. The highest BCUT2D eigenvalue weighted by Crippen LogP contribution is 2.34. The third kappa shape index (κ3) is 1.99. The van der Waals surface area contributed by atoms with Gasteiger partial charge in [-0.05, 0) is 36.0 Å². The standard InChI is InChI=1S/C14H19N3S/c1-2-10-9-17(8-7-12(10)15)14-11-5-3-4-6-13(11)16-18-14/h3-6,10,12H,2,7-9,15H2,1H3. The van der Waals surface area contributed by atoms with Crippen molar-refractivity contribution in [1.29, 1.82) is 0 Å². The lowest BCUT2D eigenvalue weighted by molar-refractivity contribution is 0.349. The van der Waals surface area contributed by atoms with Crippen molar-refractivity contribution in [2.75, 3.05) is 18.0 Å². The van der Waals surface area contributed by atoms with E-state index >= 15 is 0 Å². The molecule has 0 bridgehead atoms. The summed E-state index contributed by atoms with van der Waals surface area (Å²) in [6, 6.07) is 8.76. The van der Waals surface area contributed by atoms with Crippen LogP contribution in [-0.4, -0.2) is 23.5 Å². The summed E-state index contributed by atoms with van der Waals surface area (Å²) in [5, 5.41) is 2.60. The monoisotopic (exact) mass is 261 g/mol. The van der Waals surface area contributed by atoms with Gasteiger partial charge in [0.2, 0.25) is 0 Å². The molecule has 1 aromatic carbocycles. The Balaban J connectivity index is 1.91. The maximum Gasteiger partial charge on any atom is 0.119 e. The van der Waals surface area contributed by atoms with Crippen molar-refractivity contribution in [1.82, 2.24) is 4.37 Å². The molecule has 4 heteroatoms. The number of benzene rings is 1. The molecule has 2 heterocycles. The number of anilines is 1. The Hall–Kier alpha value is -1.13. The Morgan fingerprint density at radius 2 is 2.28 bits per heavy atom. The molecule has 2 aromatic rings. The van der Waals surface area contributed by atoms with Crippen LogP contribution in [0.15, 0.2) is 24.3 Å². The summed E-state index contributed by atoms with van der Waals surface area (Å²) in [6.45, 7) is 4.37. The lowest BCUT2D eigenvalue weighted by atomic mass is 9.91. The molecule has 1 saturated heterocycles. The summed E-state index contributed by atoms with van der Waals surface area (Å²) in [5.41, 5.74) is 7.29. The number of hydrogen-bond acceptors (Lipinski definition) is 4. The maximum atomic E-state index is 6.18. The van der Waals surface area contributed by atoms with E-state index in [4.69, 9.17) is 5.73 Å². The Labute approximate surface area is 112 Å². The Kier molecular flexibility index (Phi) is 3.22. The molecule has 1 fully saturated rings. The minimum Gasteiger partial charge on any atom is -0.361 e. The van der Waals surface area contributed by atoms with Crippen LogP contribution in [-0.2, 0) is 0 Å². The zero-order valence-corrected chi connectivity index (χ0v) is 11.5. The number of nitrogens with two attached hydrogens (primary N) is 1. The van der Waals surface area contributed by atoms with Crippen LogP contribution in [0.3, 0.4) is 0 Å². The van der Waals surface area contributed by atoms with Crippen molar-refractivity contribution in [3.63, 3.8) is 0 Å². The van der Waals surface area contributed by atoms with Gasteiger partial charge in [-0.2, -0.15) is 4.37 Å². The summed E-state index contributed by atoms with van der Waals surface area (Å²) < 4.78 is 4.53. The topological polar surface area (TPSA) is 42.2 Å². The van der Waals surface area contributed by atoms with E-state index in [-0.39, 0.29) is 0 Å². The molecule has 96 valence electrons. The molecule has 1 aliphatic heterocycles. The Morgan fingerprint density at radius 3 is 3.11 bits per heavy atom. The number of hydrogen-bond donors (Lipinski definition) is 1. The highest BCUT2D eigenvalue weighted by atomic mass is 32.1. The van der Waals surface area contributed by atoms with E-state index < -0.39 is 0 Å². The van der Waals surface area contributed by atoms with Gasteiger partial charge in [0.15, 0.2) is 0 Å². The SMILES string of the molecule is CCC1CN(c2snc3ccccc23)CCC1N. The smallest absolute Gasteiger partial charge is 0.119 e. The van der Waals surface area contributed by atoms with E-state index in [1.54, 1.807) is 11.5 Å². The fourth-order valence-electron chi connectivity index (χ4n) is 2.77. The van der Waals surface area contributed by atoms with Crippen LogP contribution in [0, 0.1) is 5.92 Å². The largest absolute Gasteiger partial charge is 0.361 e. The van der Waals surface area contributed by atoms with Crippen molar-refractivity contribution in [3.05, 3.63) is 24.3 Å². The zero-order chi connectivity index (χ0) is 12.5. The summed E-state index contributed by atoms with van der Waals surface area (Å²) in [7, 11) is 0. The van der Waals surface area contributed by atoms with Gasteiger partial charge in [0.05, 0.1) is 5.52 Å². The molecule has 0 amide bonds. The highest BCUT2D eigenvalue weighted by molar-refractivity contribution is 7.11. The first-order chi connectivity index (χ1) is 8.79. The Morgan fingerprint density at radius 1 is 1.44 bits per heavy atom. The normalized spacial score (nSPS) is 24.7. The van der Waals surface area contributed by atoms with E-state index in [9.17, 15) is 0 Å². The van der Waals surface area contributed by atoms with Gasteiger partial charge >= 0.3 is 0 Å². The quantitative estimate of drug-likeness (QED) is 0.904. The molecule has 1 aromatic heterocycles. The molecule has 2 unspecified atom stereocenters. The average Bonchev–Trinajstić information content (AvgIpc) is 2.83. The first kappa shape index (κ1) is 11.9. The number of piperidine rings is 1. The third-order valence-corrected chi connectivity index (χ3v) is 4.91.